The maximum atomic E-state index is 9.26. The zero-order chi connectivity index (χ0) is 15.5. The summed E-state index contributed by atoms with van der Waals surface area (Å²) in [6.45, 7) is 3.11. The standard InChI is InChI=1S/C16H25N3O2/c1-16(17)5-3-15(19(7-9-20)8-10-21)14(11-16)13-4-6-18(2)12-13/h3-4,6,11-12,20-21H,5,7-10,17H2,1-2H3. The highest BCUT2D eigenvalue weighted by atomic mass is 16.3. The van der Waals surface area contributed by atoms with Gasteiger partial charge in [-0.25, -0.2) is 0 Å². The summed E-state index contributed by atoms with van der Waals surface area (Å²) in [6.07, 6.45) is 8.98. The van der Waals surface area contributed by atoms with Crippen LogP contribution in [0.15, 0.2) is 36.3 Å². The molecule has 1 heterocycles. The van der Waals surface area contributed by atoms with Crippen LogP contribution in [0.3, 0.4) is 0 Å². The lowest BCUT2D eigenvalue weighted by atomic mass is 9.86. The molecule has 21 heavy (non-hydrogen) atoms. The largest absolute Gasteiger partial charge is 0.395 e. The molecule has 0 radical (unpaired) electrons. The van der Waals surface area contributed by atoms with E-state index in [1.807, 2.05) is 29.6 Å². The highest BCUT2D eigenvalue weighted by molar-refractivity contribution is 5.80. The van der Waals surface area contributed by atoms with Gasteiger partial charge in [0.2, 0.25) is 0 Å². The second kappa shape index (κ2) is 6.47. The van der Waals surface area contributed by atoms with Crippen molar-refractivity contribution in [1.29, 1.82) is 0 Å². The van der Waals surface area contributed by atoms with Crippen LogP contribution in [0, 0.1) is 0 Å². The van der Waals surface area contributed by atoms with Crippen LogP contribution in [0.2, 0.25) is 0 Å². The number of aromatic nitrogens is 1. The lowest BCUT2D eigenvalue weighted by molar-refractivity contribution is 0.192. The monoisotopic (exact) mass is 291 g/mol. The highest BCUT2D eigenvalue weighted by Gasteiger charge is 2.26. The number of hydrogen-bond donors (Lipinski definition) is 3. The molecule has 0 fully saturated rings. The zero-order valence-electron chi connectivity index (χ0n) is 12.8. The van der Waals surface area contributed by atoms with Crippen molar-refractivity contribution < 1.29 is 10.2 Å². The molecule has 1 aliphatic rings. The maximum Gasteiger partial charge on any atom is 0.0606 e. The third kappa shape index (κ3) is 3.75. The third-order valence-electron chi connectivity index (χ3n) is 3.71. The summed E-state index contributed by atoms with van der Waals surface area (Å²) in [6, 6.07) is 2.05. The topological polar surface area (TPSA) is 74.7 Å². The summed E-state index contributed by atoms with van der Waals surface area (Å²) in [4.78, 5) is 2.01. The zero-order valence-corrected chi connectivity index (χ0v) is 12.8. The van der Waals surface area contributed by atoms with Gasteiger partial charge >= 0.3 is 0 Å². The van der Waals surface area contributed by atoms with Crippen LogP contribution < -0.4 is 5.73 Å². The second-order valence-electron chi connectivity index (χ2n) is 5.86. The van der Waals surface area contributed by atoms with Gasteiger partial charge in [-0.2, -0.15) is 0 Å². The van der Waals surface area contributed by atoms with E-state index in [0.717, 1.165) is 23.3 Å². The molecule has 0 aromatic carbocycles. The molecule has 1 aliphatic carbocycles. The number of aryl methyl sites for hydroxylation is 1. The van der Waals surface area contributed by atoms with E-state index in [-0.39, 0.29) is 18.8 Å². The van der Waals surface area contributed by atoms with Crippen LogP contribution in [-0.4, -0.2) is 51.5 Å². The molecular weight excluding hydrogens is 266 g/mol. The Hall–Kier alpha value is -1.56. The Labute approximate surface area is 126 Å². The molecule has 0 saturated carbocycles. The van der Waals surface area contributed by atoms with Crippen molar-refractivity contribution >= 4 is 5.57 Å². The van der Waals surface area contributed by atoms with E-state index >= 15 is 0 Å². The molecule has 4 N–H and O–H groups in total. The molecule has 0 bridgehead atoms. The fourth-order valence-electron chi connectivity index (χ4n) is 2.68. The lowest BCUT2D eigenvalue weighted by Crippen LogP contribution is -2.38. The smallest absolute Gasteiger partial charge is 0.0606 e. The summed E-state index contributed by atoms with van der Waals surface area (Å²) in [5.74, 6) is 0. The minimum atomic E-state index is -0.376. The lowest BCUT2D eigenvalue weighted by Gasteiger charge is -2.34. The Morgan fingerprint density at radius 2 is 2.00 bits per heavy atom. The minimum absolute atomic E-state index is 0.0549. The normalized spacial score (nSPS) is 22.0. The Kier molecular flexibility index (Phi) is 4.88. The number of allylic oxidation sites excluding steroid dienone is 1. The van der Waals surface area contributed by atoms with Crippen molar-refractivity contribution in [2.75, 3.05) is 26.3 Å². The Morgan fingerprint density at radius 3 is 2.52 bits per heavy atom. The van der Waals surface area contributed by atoms with Gasteiger partial charge in [-0.3, -0.25) is 0 Å². The van der Waals surface area contributed by atoms with Gasteiger partial charge in [-0.15, -0.1) is 0 Å². The van der Waals surface area contributed by atoms with E-state index in [2.05, 4.69) is 24.4 Å². The molecule has 1 aromatic heterocycles. The first-order chi connectivity index (χ1) is 9.96. The molecule has 0 amide bonds. The van der Waals surface area contributed by atoms with Crippen LogP contribution in [0.5, 0.6) is 0 Å². The van der Waals surface area contributed by atoms with E-state index in [1.165, 1.54) is 0 Å². The first kappa shape index (κ1) is 15.8. The van der Waals surface area contributed by atoms with Gasteiger partial charge in [0.15, 0.2) is 0 Å². The van der Waals surface area contributed by atoms with Crippen LogP contribution in [-0.2, 0) is 7.05 Å². The summed E-state index contributed by atoms with van der Waals surface area (Å²) in [7, 11) is 1.98. The van der Waals surface area contributed by atoms with Crippen LogP contribution in [0.4, 0.5) is 0 Å². The van der Waals surface area contributed by atoms with Gasteiger partial charge in [0, 0.05) is 54.9 Å². The number of aliphatic hydroxyl groups is 2. The third-order valence-corrected chi connectivity index (χ3v) is 3.71. The number of nitrogens with two attached hydrogens (primary N) is 1. The number of aliphatic hydroxyl groups excluding tert-OH is 2. The Morgan fingerprint density at radius 1 is 1.33 bits per heavy atom. The molecule has 1 aromatic rings. The van der Waals surface area contributed by atoms with Crippen LogP contribution in [0.25, 0.3) is 5.57 Å². The van der Waals surface area contributed by atoms with E-state index in [0.29, 0.717) is 13.1 Å². The van der Waals surface area contributed by atoms with Crippen molar-refractivity contribution in [3.63, 3.8) is 0 Å². The molecule has 1 unspecified atom stereocenters. The molecule has 1 atom stereocenters. The van der Waals surface area contributed by atoms with Crippen molar-refractivity contribution in [3.8, 4) is 0 Å². The fraction of sp³-hybridized carbons (Fsp3) is 0.500. The SMILES string of the molecule is Cn1ccc(C2=CC(C)(N)CC=C2N(CCO)CCO)c1. The maximum absolute atomic E-state index is 9.26. The predicted octanol–water partition coefficient (Wildman–Crippen LogP) is 0.700. The molecule has 0 aliphatic heterocycles. The average molecular weight is 291 g/mol. The first-order valence-corrected chi connectivity index (χ1v) is 7.28. The molecule has 5 heteroatoms. The molecule has 0 spiro atoms. The van der Waals surface area contributed by atoms with Crippen LogP contribution >= 0.6 is 0 Å². The molecule has 2 rings (SSSR count). The molecule has 0 saturated heterocycles. The summed E-state index contributed by atoms with van der Waals surface area (Å²) < 4.78 is 2.00. The number of rotatable bonds is 6. The summed E-state index contributed by atoms with van der Waals surface area (Å²) in [5, 5.41) is 18.5. The highest BCUT2D eigenvalue weighted by Crippen LogP contribution is 2.33. The van der Waals surface area contributed by atoms with Gasteiger partial charge in [-0.1, -0.05) is 12.2 Å². The van der Waals surface area contributed by atoms with Gasteiger partial charge in [0.1, 0.15) is 0 Å². The Balaban J connectivity index is 2.38. The van der Waals surface area contributed by atoms with Gasteiger partial charge in [-0.05, 0) is 19.4 Å². The second-order valence-corrected chi connectivity index (χ2v) is 5.86. The minimum Gasteiger partial charge on any atom is -0.395 e. The van der Waals surface area contributed by atoms with Crippen molar-refractivity contribution in [1.82, 2.24) is 9.47 Å². The quantitative estimate of drug-likeness (QED) is 0.721. The van der Waals surface area contributed by atoms with Crippen LogP contribution in [0.1, 0.15) is 18.9 Å². The van der Waals surface area contributed by atoms with E-state index in [1.54, 1.807) is 0 Å². The predicted molar refractivity (Wildman–Crippen MR) is 84.4 cm³/mol. The Bertz CT molecular complexity index is 537. The molecular formula is C16H25N3O2. The van der Waals surface area contributed by atoms with E-state index < -0.39 is 0 Å². The molecule has 116 valence electrons. The molecule has 5 nitrogen and oxygen atoms in total. The van der Waals surface area contributed by atoms with Gasteiger partial charge in [0.05, 0.1) is 13.2 Å². The van der Waals surface area contributed by atoms with Gasteiger partial charge in [0.25, 0.3) is 0 Å². The number of hydrogen-bond acceptors (Lipinski definition) is 4. The summed E-state index contributed by atoms with van der Waals surface area (Å²) in [5.41, 5.74) is 9.10. The first-order valence-electron chi connectivity index (χ1n) is 7.28. The van der Waals surface area contributed by atoms with E-state index in [9.17, 15) is 10.2 Å². The number of nitrogens with zero attached hydrogens (tertiary/aromatic N) is 2. The van der Waals surface area contributed by atoms with Crippen molar-refractivity contribution in [3.05, 3.63) is 41.9 Å². The van der Waals surface area contributed by atoms with Gasteiger partial charge < -0.3 is 25.4 Å². The van der Waals surface area contributed by atoms with Crippen molar-refractivity contribution in [2.45, 2.75) is 18.9 Å². The van der Waals surface area contributed by atoms with Crippen molar-refractivity contribution in [2.24, 2.45) is 12.8 Å². The van der Waals surface area contributed by atoms with E-state index in [4.69, 9.17) is 5.73 Å². The average Bonchev–Trinajstić information content (AvgIpc) is 2.84. The summed E-state index contributed by atoms with van der Waals surface area (Å²) >= 11 is 0. The fourth-order valence-corrected chi connectivity index (χ4v) is 2.68.